The van der Waals surface area contributed by atoms with Gasteiger partial charge in [-0.3, -0.25) is 0 Å². The minimum Gasteiger partial charge on any atom is -0.491 e. The van der Waals surface area contributed by atoms with Gasteiger partial charge in [0.25, 0.3) is 0 Å². The third-order valence-electron chi connectivity index (χ3n) is 3.42. The molecule has 0 spiro atoms. The molecular formula is C18H25NO. The van der Waals surface area contributed by atoms with E-state index >= 15 is 0 Å². The largest absolute Gasteiger partial charge is 0.491 e. The number of hydrogen-bond donors (Lipinski definition) is 0. The summed E-state index contributed by atoms with van der Waals surface area (Å²) >= 11 is 0. The van der Waals surface area contributed by atoms with E-state index < -0.39 is 0 Å². The molecule has 2 rings (SSSR count). The lowest BCUT2D eigenvalue weighted by molar-refractivity contribution is 0.243. The Bertz CT molecular complexity index is 554. The number of unbranched alkanes of at least 4 members (excludes halogenated alkanes) is 3. The van der Waals surface area contributed by atoms with Crippen LogP contribution in [0.25, 0.3) is 10.9 Å². The second-order valence-corrected chi connectivity index (χ2v) is 5.53. The summed E-state index contributed by atoms with van der Waals surface area (Å²) in [5.41, 5.74) is 1.30. The fraction of sp³-hybridized carbons (Fsp3) is 0.444. The van der Waals surface area contributed by atoms with Gasteiger partial charge >= 0.3 is 0 Å². The Labute approximate surface area is 122 Å². The first-order chi connectivity index (χ1) is 9.70. The maximum atomic E-state index is 5.74. The molecule has 0 bridgehead atoms. The van der Waals surface area contributed by atoms with Gasteiger partial charge in [-0.05, 0) is 57.4 Å². The zero-order chi connectivity index (χ0) is 14.4. The van der Waals surface area contributed by atoms with Crippen LogP contribution in [0, 0.1) is 0 Å². The van der Waals surface area contributed by atoms with E-state index in [0.29, 0.717) is 0 Å². The highest BCUT2D eigenvalue weighted by Gasteiger charge is 2.04. The Morgan fingerprint density at radius 2 is 2.05 bits per heavy atom. The van der Waals surface area contributed by atoms with Gasteiger partial charge in [0.2, 0.25) is 0 Å². The Hall–Kier alpha value is -1.70. The van der Waals surface area contributed by atoms with Gasteiger partial charge in [0, 0.05) is 23.6 Å². The first-order valence-corrected chi connectivity index (χ1v) is 7.57. The molecule has 0 N–H and O–H groups in total. The van der Waals surface area contributed by atoms with E-state index in [9.17, 15) is 0 Å². The topological polar surface area (TPSA) is 14.2 Å². The number of benzene rings is 1. The molecule has 0 unspecified atom stereocenters. The fourth-order valence-corrected chi connectivity index (χ4v) is 2.47. The van der Waals surface area contributed by atoms with E-state index in [-0.39, 0.29) is 6.10 Å². The average Bonchev–Trinajstić information content (AvgIpc) is 2.80. The van der Waals surface area contributed by atoms with E-state index in [1.165, 1.54) is 30.2 Å². The summed E-state index contributed by atoms with van der Waals surface area (Å²) in [4.78, 5) is 0. The molecule has 2 aromatic rings. The normalized spacial score (nSPS) is 11.2. The lowest BCUT2D eigenvalue weighted by Crippen LogP contribution is -2.05. The highest BCUT2D eigenvalue weighted by molar-refractivity contribution is 5.81. The van der Waals surface area contributed by atoms with Crippen molar-refractivity contribution in [2.75, 3.05) is 0 Å². The molecule has 1 aromatic heterocycles. The number of rotatable bonds is 8. The Kier molecular flexibility index (Phi) is 5.28. The monoisotopic (exact) mass is 271 g/mol. The zero-order valence-corrected chi connectivity index (χ0v) is 12.6. The molecule has 0 aliphatic carbocycles. The maximum absolute atomic E-state index is 5.74. The van der Waals surface area contributed by atoms with Crippen LogP contribution in [0.3, 0.4) is 0 Å². The van der Waals surface area contributed by atoms with Crippen LogP contribution in [0.15, 0.2) is 43.1 Å². The number of aromatic nitrogens is 1. The molecule has 0 amide bonds. The third-order valence-corrected chi connectivity index (χ3v) is 3.42. The van der Waals surface area contributed by atoms with Crippen LogP contribution in [0.4, 0.5) is 0 Å². The van der Waals surface area contributed by atoms with Crippen molar-refractivity contribution in [3.8, 4) is 5.75 Å². The third kappa shape index (κ3) is 3.89. The highest BCUT2D eigenvalue weighted by atomic mass is 16.5. The van der Waals surface area contributed by atoms with E-state index in [0.717, 1.165) is 18.7 Å². The SMILES string of the molecule is C=CCCCCCn1ccc2cc(OC(C)C)ccc21. The predicted molar refractivity (Wildman–Crippen MR) is 86.4 cm³/mol. The Balaban J connectivity index is 1.99. The smallest absolute Gasteiger partial charge is 0.120 e. The minimum atomic E-state index is 0.222. The van der Waals surface area contributed by atoms with Gasteiger partial charge in [-0.1, -0.05) is 12.5 Å². The van der Waals surface area contributed by atoms with E-state index in [2.05, 4.69) is 55.5 Å². The van der Waals surface area contributed by atoms with Gasteiger partial charge in [-0.2, -0.15) is 0 Å². The summed E-state index contributed by atoms with van der Waals surface area (Å²) in [5.74, 6) is 0.955. The van der Waals surface area contributed by atoms with Crippen molar-refractivity contribution in [1.29, 1.82) is 0 Å². The lowest BCUT2D eigenvalue weighted by Gasteiger charge is -2.10. The van der Waals surface area contributed by atoms with Gasteiger partial charge in [0.15, 0.2) is 0 Å². The van der Waals surface area contributed by atoms with E-state index in [4.69, 9.17) is 4.74 Å². The molecule has 0 saturated carbocycles. The minimum absolute atomic E-state index is 0.222. The molecule has 108 valence electrons. The second kappa shape index (κ2) is 7.18. The summed E-state index contributed by atoms with van der Waals surface area (Å²) in [6.07, 6.45) is 9.26. The zero-order valence-electron chi connectivity index (χ0n) is 12.6. The molecule has 0 aliphatic rings. The summed E-state index contributed by atoms with van der Waals surface area (Å²) < 4.78 is 8.07. The molecule has 0 atom stereocenters. The number of nitrogens with zero attached hydrogens (tertiary/aromatic N) is 1. The van der Waals surface area contributed by atoms with Crippen LogP contribution in [-0.4, -0.2) is 10.7 Å². The predicted octanol–water partition coefficient (Wildman–Crippen LogP) is 5.17. The summed E-state index contributed by atoms with van der Waals surface area (Å²) in [6.45, 7) is 8.96. The number of aryl methyl sites for hydroxylation is 1. The van der Waals surface area contributed by atoms with Gasteiger partial charge in [-0.25, -0.2) is 0 Å². The molecule has 1 aromatic carbocycles. The Morgan fingerprint density at radius 1 is 1.20 bits per heavy atom. The lowest BCUT2D eigenvalue weighted by atomic mass is 10.2. The summed E-state index contributed by atoms with van der Waals surface area (Å²) in [5, 5.41) is 1.26. The van der Waals surface area contributed by atoms with Crippen molar-refractivity contribution in [2.24, 2.45) is 0 Å². The molecular weight excluding hydrogens is 246 g/mol. The first kappa shape index (κ1) is 14.7. The fourth-order valence-electron chi connectivity index (χ4n) is 2.47. The van der Waals surface area contributed by atoms with Crippen molar-refractivity contribution in [2.45, 2.75) is 52.2 Å². The average molecular weight is 271 g/mol. The Morgan fingerprint density at radius 3 is 2.80 bits per heavy atom. The molecule has 0 radical (unpaired) electrons. The van der Waals surface area contributed by atoms with Gasteiger partial charge in [0.05, 0.1) is 6.10 Å². The molecule has 20 heavy (non-hydrogen) atoms. The maximum Gasteiger partial charge on any atom is 0.120 e. The number of fused-ring (bicyclic) bond motifs is 1. The van der Waals surface area contributed by atoms with Crippen molar-refractivity contribution >= 4 is 10.9 Å². The summed E-state index contributed by atoms with van der Waals surface area (Å²) in [7, 11) is 0. The molecule has 1 heterocycles. The van der Waals surface area contributed by atoms with Gasteiger partial charge < -0.3 is 9.30 Å². The number of hydrogen-bond acceptors (Lipinski definition) is 1. The van der Waals surface area contributed by atoms with Crippen LogP contribution in [0.1, 0.15) is 39.5 Å². The molecule has 0 saturated heterocycles. The van der Waals surface area contributed by atoms with E-state index in [1.807, 2.05) is 6.08 Å². The highest BCUT2D eigenvalue weighted by Crippen LogP contribution is 2.23. The van der Waals surface area contributed by atoms with Crippen LogP contribution in [-0.2, 0) is 6.54 Å². The van der Waals surface area contributed by atoms with Gasteiger partial charge in [0.1, 0.15) is 5.75 Å². The van der Waals surface area contributed by atoms with Crippen molar-refractivity contribution in [3.05, 3.63) is 43.1 Å². The van der Waals surface area contributed by atoms with Crippen LogP contribution >= 0.6 is 0 Å². The van der Waals surface area contributed by atoms with Crippen molar-refractivity contribution in [1.82, 2.24) is 4.57 Å². The molecule has 2 nitrogen and oxygen atoms in total. The molecule has 0 aliphatic heterocycles. The van der Waals surface area contributed by atoms with Crippen molar-refractivity contribution in [3.63, 3.8) is 0 Å². The van der Waals surface area contributed by atoms with Gasteiger partial charge in [-0.15, -0.1) is 6.58 Å². The number of allylic oxidation sites excluding steroid dienone is 1. The molecule has 0 fully saturated rings. The molecule has 2 heteroatoms. The first-order valence-electron chi connectivity index (χ1n) is 7.57. The van der Waals surface area contributed by atoms with E-state index in [1.54, 1.807) is 0 Å². The van der Waals surface area contributed by atoms with Crippen LogP contribution < -0.4 is 4.74 Å². The quantitative estimate of drug-likeness (QED) is 0.477. The standard InChI is InChI=1S/C18H25NO/c1-4-5-6-7-8-12-19-13-11-16-14-17(20-15(2)3)9-10-18(16)19/h4,9-11,13-15H,1,5-8,12H2,2-3H3. The van der Waals surface area contributed by atoms with Crippen molar-refractivity contribution < 1.29 is 4.74 Å². The second-order valence-electron chi connectivity index (χ2n) is 5.53. The van der Waals surface area contributed by atoms with Crippen LogP contribution in [0.5, 0.6) is 5.75 Å². The van der Waals surface area contributed by atoms with Crippen LogP contribution in [0.2, 0.25) is 0 Å². The number of ether oxygens (including phenoxy) is 1. The summed E-state index contributed by atoms with van der Waals surface area (Å²) in [6, 6.07) is 8.53.